The third kappa shape index (κ3) is 2.76. The molecule has 0 saturated carbocycles. The zero-order valence-electron chi connectivity index (χ0n) is 13.8. The van der Waals surface area contributed by atoms with Crippen LogP contribution < -0.4 is 0 Å². The summed E-state index contributed by atoms with van der Waals surface area (Å²) >= 11 is 0. The topological polar surface area (TPSA) is 50.9 Å². The van der Waals surface area contributed by atoms with Crippen molar-refractivity contribution in [3.63, 3.8) is 0 Å². The normalized spacial score (nSPS) is 12.1. The molecule has 0 aliphatic rings. The molecule has 4 heteroatoms. The summed E-state index contributed by atoms with van der Waals surface area (Å²) in [6, 6.07) is 16.6. The average molecular weight is 317 g/mol. The molecule has 4 aromatic rings. The van der Waals surface area contributed by atoms with Gasteiger partial charge < -0.3 is 9.67 Å². The van der Waals surface area contributed by atoms with E-state index in [1.54, 1.807) is 20.2 Å². The Balaban J connectivity index is 1.82. The van der Waals surface area contributed by atoms with Crippen molar-refractivity contribution in [3.05, 3.63) is 61.1 Å². The molecule has 0 amide bonds. The lowest BCUT2D eigenvalue weighted by Crippen LogP contribution is -2.25. The summed E-state index contributed by atoms with van der Waals surface area (Å²) in [4.78, 5) is 8.80. The Morgan fingerprint density at radius 1 is 0.958 bits per heavy atom. The molecular formula is C20H19N3O. The maximum atomic E-state index is 10.1. The molecule has 2 aromatic carbocycles. The molecule has 4 nitrogen and oxygen atoms in total. The number of hydrogen-bond acceptors (Lipinski definition) is 3. The van der Waals surface area contributed by atoms with Crippen molar-refractivity contribution < 1.29 is 5.11 Å². The molecule has 0 unspecified atom stereocenters. The third-order valence-corrected chi connectivity index (χ3v) is 4.11. The highest BCUT2D eigenvalue weighted by atomic mass is 16.3. The van der Waals surface area contributed by atoms with Gasteiger partial charge in [-0.05, 0) is 55.3 Å². The summed E-state index contributed by atoms with van der Waals surface area (Å²) in [5.74, 6) is 0. The first-order valence-electron chi connectivity index (χ1n) is 8.02. The van der Waals surface area contributed by atoms with Crippen LogP contribution in [0.25, 0.3) is 33.1 Å². The monoisotopic (exact) mass is 317 g/mol. The summed E-state index contributed by atoms with van der Waals surface area (Å²) in [5.41, 5.74) is 4.46. The fraction of sp³-hybridized carbons (Fsp3) is 0.200. The Bertz CT molecular complexity index is 1030. The van der Waals surface area contributed by atoms with E-state index < -0.39 is 5.60 Å². The SMILES string of the molecule is CC(C)(O)Cn1cnc2ccc(-c3ccc4ncccc4c3)cc21. The summed E-state index contributed by atoms with van der Waals surface area (Å²) in [6.07, 6.45) is 3.60. The van der Waals surface area contributed by atoms with Crippen molar-refractivity contribution in [2.24, 2.45) is 0 Å². The van der Waals surface area contributed by atoms with Gasteiger partial charge in [0.2, 0.25) is 0 Å². The zero-order valence-corrected chi connectivity index (χ0v) is 13.8. The molecule has 0 aliphatic carbocycles. The minimum absolute atomic E-state index is 0.509. The Hall–Kier alpha value is -2.72. The van der Waals surface area contributed by atoms with Crippen LogP contribution in [-0.2, 0) is 6.54 Å². The smallest absolute Gasteiger partial charge is 0.0959 e. The Kier molecular flexibility index (Phi) is 3.36. The number of nitrogens with zero attached hydrogens (tertiary/aromatic N) is 3. The lowest BCUT2D eigenvalue weighted by Gasteiger charge is -2.18. The Labute approximate surface area is 140 Å². The lowest BCUT2D eigenvalue weighted by molar-refractivity contribution is 0.0627. The van der Waals surface area contributed by atoms with Gasteiger partial charge in [0.05, 0.1) is 35.0 Å². The molecular weight excluding hydrogens is 298 g/mol. The van der Waals surface area contributed by atoms with Gasteiger partial charge in [-0.3, -0.25) is 4.98 Å². The Morgan fingerprint density at radius 2 is 1.71 bits per heavy atom. The largest absolute Gasteiger partial charge is 0.389 e. The summed E-state index contributed by atoms with van der Waals surface area (Å²) in [5, 5.41) is 11.2. The summed E-state index contributed by atoms with van der Waals surface area (Å²) in [7, 11) is 0. The van der Waals surface area contributed by atoms with E-state index in [0.717, 1.165) is 33.1 Å². The number of rotatable bonds is 3. The highest BCUT2D eigenvalue weighted by Gasteiger charge is 2.15. The minimum Gasteiger partial charge on any atom is -0.389 e. The van der Waals surface area contributed by atoms with Crippen LogP contribution in [0.3, 0.4) is 0 Å². The first-order valence-corrected chi connectivity index (χ1v) is 8.02. The van der Waals surface area contributed by atoms with Crippen LogP contribution in [0.1, 0.15) is 13.8 Å². The second kappa shape index (κ2) is 5.42. The standard InChI is InChI=1S/C20H19N3O/c1-20(2,24)12-23-13-22-18-8-6-15(11-19(18)23)14-5-7-17-16(10-14)4-3-9-21-17/h3-11,13,24H,12H2,1-2H3. The Morgan fingerprint density at radius 3 is 2.50 bits per heavy atom. The van der Waals surface area contributed by atoms with Crippen molar-refractivity contribution in [3.8, 4) is 11.1 Å². The van der Waals surface area contributed by atoms with Crippen LogP contribution in [0.15, 0.2) is 61.1 Å². The molecule has 0 spiro atoms. The molecule has 0 bridgehead atoms. The van der Waals surface area contributed by atoms with E-state index in [9.17, 15) is 5.11 Å². The van der Waals surface area contributed by atoms with Gasteiger partial charge in [0.1, 0.15) is 0 Å². The van der Waals surface area contributed by atoms with E-state index in [-0.39, 0.29) is 0 Å². The van der Waals surface area contributed by atoms with E-state index in [2.05, 4.69) is 40.3 Å². The summed E-state index contributed by atoms with van der Waals surface area (Å²) in [6.45, 7) is 4.12. The molecule has 0 aliphatic heterocycles. The summed E-state index contributed by atoms with van der Waals surface area (Å²) < 4.78 is 2.00. The van der Waals surface area contributed by atoms with Crippen LogP contribution in [0, 0.1) is 0 Å². The molecule has 2 aromatic heterocycles. The average Bonchev–Trinajstić information content (AvgIpc) is 2.95. The van der Waals surface area contributed by atoms with Gasteiger partial charge in [-0.1, -0.05) is 18.2 Å². The molecule has 0 fully saturated rings. The van der Waals surface area contributed by atoms with Crippen LogP contribution in [0.4, 0.5) is 0 Å². The molecule has 0 radical (unpaired) electrons. The van der Waals surface area contributed by atoms with Gasteiger partial charge in [-0.15, -0.1) is 0 Å². The predicted octanol–water partition coefficient (Wildman–Crippen LogP) is 4.02. The third-order valence-electron chi connectivity index (χ3n) is 4.11. The molecule has 120 valence electrons. The van der Waals surface area contributed by atoms with Crippen LogP contribution in [-0.4, -0.2) is 25.2 Å². The first kappa shape index (κ1) is 14.8. The molecule has 4 rings (SSSR count). The highest BCUT2D eigenvalue weighted by Crippen LogP contribution is 2.27. The number of aliphatic hydroxyl groups is 1. The van der Waals surface area contributed by atoms with Gasteiger partial charge in [-0.25, -0.2) is 4.98 Å². The van der Waals surface area contributed by atoms with Gasteiger partial charge >= 0.3 is 0 Å². The minimum atomic E-state index is -0.780. The van der Waals surface area contributed by atoms with Crippen LogP contribution >= 0.6 is 0 Å². The van der Waals surface area contributed by atoms with Crippen molar-refractivity contribution >= 4 is 21.9 Å². The quantitative estimate of drug-likeness (QED) is 0.621. The highest BCUT2D eigenvalue weighted by molar-refractivity contribution is 5.87. The maximum absolute atomic E-state index is 10.1. The van der Waals surface area contributed by atoms with E-state index in [1.165, 1.54) is 0 Å². The van der Waals surface area contributed by atoms with Crippen LogP contribution in [0.5, 0.6) is 0 Å². The van der Waals surface area contributed by atoms with Crippen molar-refractivity contribution in [1.82, 2.24) is 14.5 Å². The number of hydrogen-bond donors (Lipinski definition) is 1. The van der Waals surface area contributed by atoms with E-state index in [4.69, 9.17) is 0 Å². The van der Waals surface area contributed by atoms with Gasteiger partial charge in [0.25, 0.3) is 0 Å². The van der Waals surface area contributed by atoms with Gasteiger partial charge in [-0.2, -0.15) is 0 Å². The van der Waals surface area contributed by atoms with E-state index >= 15 is 0 Å². The molecule has 2 heterocycles. The first-order chi connectivity index (χ1) is 11.5. The van der Waals surface area contributed by atoms with E-state index in [0.29, 0.717) is 6.54 Å². The number of aromatic nitrogens is 3. The van der Waals surface area contributed by atoms with Gasteiger partial charge in [0.15, 0.2) is 0 Å². The molecule has 1 N–H and O–H groups in total. The number of benzene rings is 2. The van der Waals surface area contributed by atoms with Crippen molar-refractivity contribution in [2.45, 2.75) is 26.0 Å². The number of imidazole rings is 1. The number of fused-ring (bicyclic) bond motifs is 2. The van der Waals surface area contributed by atoms with Gasteiger partial charge in [0, 0.05) is 11.6 Å². The lowest BCUT2D eigenvalue weighted by atomic mass is 10.0. The molecule has 24 heavy (non-hydrogen) atoms. The fourth-order valence-electron chi connectivity index (χ4n) is 3.03. The number of pyridine rings is 1. The molecule has 0 atom stereocenters. The fourth-order valence-corrected chi connectivity index (χ4v) is 3.03. The van der Waals surface area contributed by atoms with Crippen molar-refractivity contribution in [1.29, 1.82) is 0 Å². The van der Waals surface area contributed by atoms with Crippen molar-refractivity contribution in [2.75, 3.05) is 0 Å². The zero-order chi connectivity index (χ0) is 16.7. The second-order valence-electron chi connectivity index (χ2n) is 6.80. The molecule has 0 saturated heterocycles. The van der Waals surface area contributed by atoms with E-state index in [1.807, 2.05) is 29.0 Å². The second-order valence-corrected chi connectivity index (χ2v) is 6.80. The maximum Gasteiger partial charge on any atom is 0.0959 e. The predicted molar refractivity (Wildman–Crippen MR) is 96.8 cm³/mol. The van der Waals surface area contributed by atoms with Crippen LogP contribution in [0.2, 0.25) is 0 Å².